The number of benzene rings is 1. The minimum Gasteiger partial charge on any atom is -0.494 e. The Hall–Kier alpha value is -1.26. The third-order valence-electron chi connectivity index (χ3n) is 3.91. The Kier molecular flexibility index (Phi) is 4.99. The minimum absolute atomic E-state index is 0.772. The second kappa shape index (κ2) is 7.14. The van der Waals surface area contributed by atoms with Crippen molar-refractivity contribution in [3.05, 3.63) is 36.0 Å². The average molecular weight is 302 g/mol. The van der Waals surface area contributed by atoms with Gasteiger partial charge < -0.3 is 10.1 Å². The summed E-state index contributed by atoms with van der Waals surface area (Å²) in [5, 5.41) is 5.45. The highest BCUT2D eigenvalue weighted by Crippen LogP contribution is 2.25. The molecule has 0 spiro atoms. The van der Waals surface area contributed by atoms with Crippen LogP contribution in [0.4, 0.5) is 0 Å². The first-order chi connectivity index (χ1) is 10.4. The molecule has 0 bridgehead atoms. The van der Waals surface area contributed by atoms with Crippen LogP contribution in [0.5, 0.6) is 5.75 Å². The molecule has 2 heterocycles. The Morgan fingerprint density at radius 2 is 2.24 bits per heavy atom. The molecule has 3 nitrogen and oxygen atoms in total. The van der Waals surface area contributed by atoms with Crippen LogP contribution in [-0.2, 0) is 6.54 Å². The fraction of sp³-hybridized carbons (Fsp3) is 0.471. The molecule has 1 aliphatic heterocycles. The number of nitrogens with one attached hydrogen (secondary N) is 1. The number of nitrogens with zero attached hydrogens (tertiary/aromatic N) is 1. The molecule has 1 aliphatic rings. The lowest BCUT2D eigenvalue weighted by Crippen LogP contribution is -2.26. The van der Waals surface area contributed by atoms with Gasteiger partial charge in [-0.1, -0.05) is 24.6 Å². The summed E-state index contributed by atoms with van der Waals surface area (Å²) >= 11 is 2.10. The lowest BCUT2D eigenvalue weighted by Gasteiger charge is -2.21. The number of pyridine rings is 1. The van der Waals surface area contributed by atoms with Crippen LogP contribution < -0.4 is 10.1 Å². The molecule has 3 rings (SSSR count). The van der Waals surface area contributed by atoms with Crippen LogP contribution in [0.15, 0.2) is 30.3 Å². The smallest absolute Gasteiger partial charge is 0.145 e. The van der Waals surface area contributed by atoms with Crippen molar-refractivity contribution in [2.45, 2.75) is 31.1 Å². The monoisotopic (exact) mass is 302 g/mol. The molecule has 0 saturated carbocycles. The van der Waals surface area contributed by atoms with E-state index in [9.17, 15) is 0 Å². The molecule has 1 N–H and O–H groups in total. The van der Waals surface area contributed by atoms with E-state index in [2.05, 4.69) is 35.3 Å². The van der Waals surface area contributed by atoms with Gasteiger partial charge in [0.05, 0.1) is 12.8 Å². The van der Waals surface area contributed by atoms with Gasteiger partial charge in [0.15, 0.2) is 0 Å². The molecule has 1 atom stereocenters. The molecule has 1 aromatic carbocycles. The van der Waals surface area contributed by atoms with Gasteiger partial charge in [0.25, 0.3) is 0 Å². The van der Waals surface area contributed by atoms with Crippen molar-refractivity contribution in [3.8, 4) is 5.75 Å². The second-order valence-corrected chi connectivity index (χ2v) is 6.86. The van der Waals surface area contributed by atoms with Crippen LogP contribution in [0.1, 0.15) is 25.0 Å². The molecule has 0 radical (unpaired) electrons. The van der Waals surface area contributed by atoms with Gasteiger partial charge in [0.1, 0.15) is 11.3 Å². The minimum atomic E-state index is 0.772. The summed E-state index contributed by atoms with van der Waals surface area (Å²) in [5.74, 6) is 2.16. The Labute approximate surface area is 130 Å². The van der Waals surface area contributed by atoms with Crippen molar-refractivity contribution in [1.82, 2.24) is 10.3 Å². The summed E-state index contributed by atoms with van der Waals surface area (Å²) in [4.78, 5) is 4.73. The number of fused-ring (bicyclic) bond motifs is 1. The van der Waals surface area contributed by atoms with Gasteiger partial charge in [-0.3, -0.25) is 0 Å². The summed E-state index contributed by atoms with van der Waals surface area (Å²) in [5.41, 5.74) is 2.03. The molecule has 4 heteroatoms. The summed E-state index contributed by atoms with van der Waals surface area (Å²) in [6.45, 7) is 1.90. The number of aromatic nitrogens is 1. The maximum absolute atomic E-state index is 5.40. The maximum atomic E-state index is 5.40. The number of hydrogen-bond acceptors (Lipinski definition) is 4. The van der Waals surface area contributed by atoms with E-state index in [0.29, 0.717) is 0 Å². The van der Waals surface area contributed by atoms with Crippen LogP contribution in [0.25, 0.3) is 10.9 Å². The molecule has 2 aromatic rings. The van der Waals surface area contributed by atoms with E-state index in [1.54, 1.807) is 7.11 Å². The summed E-state index contributed by atoms with van der Waals surface area (Å²) < 4.78 is 5.40. The normalized spacial score (nSPS) is 18.8. The molecule has 112 valence electrons. The van der Waals surface area contributed by atoms with Crippen molar-refractivity contribution in [2.75, 3.05) is 19.4 Å². The quantitative estimate of drug-likeness (QED) is 0.915. The van der Waals surface area contributed by atoms with Crippen molar-refractivity contribution in [3.63, 3.8) is 0 Å². The van der Waals surface area contributed by atoms with Crippen molar-refractivity contribution in [2.24, 2.45) is 0 Å². The van der Waals surface area contributed by atoms with Crippen LogP contribution in [0.3, 0.4) is 0 Å². The molecule has 1 saturated heterocycles. The highest BCUT2D eigenvalue weighted by atomic mass is 32.2. The topological polar surface area (TPSA) is 34.1 Å². The zero-order chi connectivity index (χ0) is 14.5. The Morgan fingerprint density at radius 1 is 1.29 bits per heavy atom. The van der Waals surface area contributed by atoms with Crippen molar-refractivity contribution in [1.29, 1.82) is 0 Å². The highest BCUT2D eigenvalue weighted by molar-refractivity contribution is 7.99. The lowest BCUT2D eigenvalue weighted by atomic mass is 10.1. The van der Waals surface area contributed by atoms with E-state index in [1.165, 1.54) is 25.0 Å². The zero-order valence-corrected chi connectivity index (χ0v) is 13.3. The molecule has 1 fully saturated rings. The first kappa shape index (κ1) is 14.7. The molecule has 21 heavy (non-hydrogen) atoms. The van der Waals surface area contributed by atoms with Gasteiger partial charge >= 0.3 is 0 Å². The molecule has 0 aliphatic carbocycles. The zero-order valence-electron chi connectivity index (χ0n) is 12.5. The van der Waals surface area contributed by atoms with Crippen LogP contribution >= 0.6 is 11.8 Å². The van der Waals surface area contributed by atoms with Crippen LogP contribution in [-0.4, -0.2) is 29.6 Å². The third kappa shape index (κ3) is 3.69. The van der Waals surface area contributed by atoms with Crippen molar-refractivity contribution >= 4 is 22.7 Å². The number of hydrogen-bond donors (Lipinski definition) is 1. The standard InChI is InChI=1S/C17H22N2OS/c1-20-16-7-4-5-13-8-9-14(19-17(13)16)11-18-12-15-6-2-3-10-21-15/h4-5,7-9,15,18H,2-3,6,10-12H2,1H3. The van der Waals surface area contributed by atoms with E-state index < -0.39 is 0 Å². The molecule has 0 amide bonds. The van der Waals surface area contributed by atoms with Crippen LogP contribution in [0.2, 0.25) is 0 Å². The van der Waals surface area contributed by atoms with E-state index in [4.69, 9.17) is 9.72 Å². The Morgan fingerprint density at radius 3 is 3.05 bits per heavy atom. The maximum Gasteiger partial charge on any atom is 0.145 e. The first-order valence-electron chi connectivity index (χ1n) is 7.62. The van der Waals surface area contributed by atoms with Gasteiger partial charge in [-0.2, -0.15) is 11.8 Å². The summed E-state index contributed by atoms with van der Waals surface area (Å²) in [7, 11) is 1.70. The van der Waals surface area contributed by atoms with E-state index in [0.717, 1.165) is 40.7 Å². The average Bonchev–Trinajstić information content (AvgIpc) is 2.55. The van der Waals surface area contributed by atoms with Gasteiger partial charge in [-0.25, -0.2) is 4.98 Å². The predicted molar refractivity (Wildman–Crippen MR) is 90.1 cm³/mol. The Balaban J connectivity index is 1.64. The van der Waals surface area contributed by atoms with E-state index in [-0.39, 0.29) is 0 Å². The lowest BCUT2D eigenvalue weighted by molar-refractivity contribution is 0.418. The Bertz CT molecular complexity index is 596. The second-order valence-electron chi connectivity index (χ2n) is 5.45. The number of para-hydroxylation sites is 1. The predicted octanol–water partition coefficient (Wildman–Crippen LogP) is 3.62. The SMILES string of the molecule is COc1cccc2ccc(CNCC3CCCCS3)nc12. The van der Waals surface area contributed by atoms with Gasteiger partial charge in [-0.05, 0) is 30.7 Å². The summed E-state index contributed by atoms with van der Waals surface area (Å²) in [6, 6.07) is 10.3. The van der Waals surface area contributed by atoms with Gasteiger partial charge in [0.2, 0.25) is 0 Å². The molecule has 1 aromatic heterocycles. The fourth-order valence-electron chi connectivity index (χ4n) is 2.75. The number of rotatable bonds is 5. The number of thioether (sulfide) groups is 1. The molecule has 1 unspecified atom stereocenters. The van der Waals surface area contributed by atoms with E-state index >= 15 is 0 Å². The summed E-state index contributed by atoms with van der Waals surface area (Å²) in [6.07, 6.45) is 4.11. The molecular weight excluding hydrogens is 280 g/mol. The first-order valence-corrected chi connectivity index (χ1v) is 8.66. The fourth-order valence-corrected chi connectivity index (χ4v) is 4.03. The number of ether oxygens (including phenoxy) is 1. The largest absolute Gasteiger partial charge is 0.494 e. The van der Waals surface area contributed by atoms with Gasteiger partial charge in [0, 0.05) is 23.7 Å². The molecular formula is C17H22N2OS. The van der Waals surface area contributed by atoms with Crippen LogP contribution in [0, 0.1) is 0 Å². The van der Waals surface area contributed by atoms with Crippen molar-refractivity contribution < 1.29 is 4.74 Å². The number of methoxy groups -OCH3 is 1. The third-order valence-corrected chi connectivity index (χ3v) is 5.31. The van der Waals surface area contributed by atoms with Gasteiger partial charge in [-0.15, -0.1) is 0 Å². The highest BCUT2D eigenvalue weighted by Gasteiger charge is 2.13. The van der Waals surface area contributed by atoms with E-state index in [1.807, 2.05) is 12.1 Å².